The van der Waals surface area contributed by atoms with Gasteiger partial charge in [0.2, 0.25) is 5.91 Å². The number of amides is 1. The Bertz CT molecular complexity index is 1430. The highest BCUT2D eigenvalue weighted by molar-refractivity contribution is 7.92. The van der Waals surface area contributed by atoms with Gasteiger partial charge in [-0.25, -0.2) is 8.42 Å². The van der Waals surface area contributed by atoms with E-state index >= 15 is 0 Å². The molecule has 0 unspecified atom stereocenters. The molecular formula is C28H33ClN2O8S. The van der Waals surface area contributed by atoms with Gasteiger partial charge in [-0.2, -0.15) is 0 Å². The van der Waals surface area contributed by atoms with Crippen LogP contribution in [0.25, 0.3) is 0 Å². The Morgan fingerprint density at radius 1 is 0.800 bits per heavy atom. The number of hydrogen-bond acceptors (Lipinski definition) is 8. The summed E-state index contributed by atoms with van der Waals surface area (Å²) in [5.41, 5.74) is 0.842. The fourth-order valence-electron chi connectivity index (χ4n) is 3.85. The highest BCUT2D eigenvalue weighted by Gasteiger charge is 2.30. The molecule has 0 saturated heterocycles. The highest BCUT2D eigenvalue weighted by Crippen LogP contribution is 2.37. The van der Waals surface area contributed by atoms with Crippen molar-refractivity contribution in [2.45, 2.75) is 25.3 Å². The molecule has 1 N–H and O–H groups in total. The van der Waals surface area contributed by atoms with Crippen LogP contribution in [0.2, 0.25) is 5.02 Å². The van der Waals surface area contributed by atoms with Crippen molar-refractivity contribution >= 4 is 33.2 Å². The number of sulfonamides is 1. The summed E-state index contributed by atoms with van der Waals surface area (Å²) in [7, 11) is -0.0588. The molecular weight excluding hydrogens is 560 g/mol. The van der Waals surface area contributed by atoms with Crippen LogP contribution in [0.4, 0.5) is 5.69 Å². The number of hydrogen-bond donors (Lipinski definition) is 1. The predicted molar refractivity (Wildman–Crippen MR) is 153 cm³/mol. The zero-order valence-corrected chi connectivity index (χ0v) is 24.6. The van der Waals surface area contributed by atoms with Gasteiger partial charge in [0, 0.05) is 17.6 Å². The summed E-state index contributed by atoms with van der Waals surface area (Å²) >= 11 is 6.22. The summed E-state index contributed by atoms with van der Waals surface area (Å²) in [6.45, 7) is 4.24. The number of rotatable bonds is 14. The molecule has 0 saturated carbocycles. The molecule has 10 nitrogen and oxygen atoms in total. The first-order valence-corrected chi connectivity index (χ1v) is 14.2. The molecule has 0 aliphatic heterocycles. The number of ether oxygens (including phenoxy) is 5. The maximum absolute atomic E-state index is 13.9. The van der Waals surface area contributed by atoms with Crippen LogP contribution in [-0.2, 0) is 21.4 Å². The second kappa shape index (κ2) is 14.0. The summed E-state index contributed by atoms with van der Waals surface area (Å²) in [6.07, 6.45) is 0. The quantitative estimate of drug-likeness (QED) is 0.287. The number of benzene rings is 3. The lowest BCUT2D eigenvalue weighted by molar-refractivity contribution is -0.119. The first kappa shape index (κ1) is 30.7. The summed E-state index contributed by atoms with van der Waals surface area (Å²) in [6, 6.07) is 14.0. The molecule has 0 heterocycles. The van der Waals surface area contributed by atoms with Crippen molar-refractivity contribution in [3.63, 3.8) is 0 Å². The topological polar surface area (TPSA) is 113 Å². The molecule has 1 amide bonds. The summed E-state index contributed by atoms with van der Waals surface area (Å²) in [5, 5.41) is 3.04. The molecule has 0 aliphatic carbocycles. The third-order valence-electron chi connectivity index (χ3n) is 5.74. The minimum atomic E-state index is -4.30. The molecule has 0 fully saturated rings. The van der Waals surface area contributed by atoms with E-state index in [1.165, 1.54) is 51.7 Å². The molecule has 0 aromatic heterocycles. The zero-order chi connectivity index (χ0) is 29.3. The highest BCUT2D eigenvalue weighted by atomic mass is 35.5. The second-order valence-corrected chi connectivity index (χ2v) is 10.6. The number of nitrogens with one attached hydrogen (secondary N) is 1. The minimum Gasteiger partial charge on any atom is -0.495 e. The molecule has 216 valence electrons. The van der Waals surface area contributed by atoms with Crippen LogP contribution in [0.3, 0.4) is 0 Å². The number of nitrogens with zero attached hydrogens (tertiary/aromatic N) is 1. The van der Waals surface area contributed by atoms with Gasteiger partial charge in [0.25, 0.3) is 10.0 Å². The van der Waals surface area contributed by atoms with Gasteiger partial charge in [-0.3, -0.25) is 9.10 Å². The van der Waals surface area contributed by atoms with Gasteiger partial charge in [-0.1, -0.05) is 17.7 Å². The predicted octanol–water partition coefficient (Wildman–Crippen LogP) is 4.67. The number of anilines is 1. The van der Waals surface area contributed by atoms with Crippen LogP contribution in [-0.4, -0.2) is 55.4 Å². The van der Waals surface area contributed by atoms with E-state index in [0.717, 1.165) is 9.87 Å². The third-order valence-corrected chi connectivity index (χ3v) is 7.73. The van der Waals surface area contributed by atoms with E-state index in [-0.39, 0.29) is 33.6 Å². The molecule has 0 aliphatic rings. The van der Waals surface area contributed by atoms with Crippen LogP contribution < -0.4 is 33.3 Å². The Labute approximate surface area is 239 Å². The molecule has 0 bridgehead atoms. The third kappa shape index (κ3) is 7.22. The van der Waals surface area contributed by atoms with E-state index in [9.17, 15) is 13.2 Å². The van der Waals surface area contributed by atoms with Gasteiger partial charge >= 0.3 is 0 Å². The Balaban J connectivity index is 1.94. The van der Waals surface area contributed by atoms with E-state index in [1.54, 1.807) is 24.3 Å². The summed E-state index contributed by atoms with van der Waals surface area (Å²) in [4.78, 5) is 13.1. The largest absolute Gasteiger partial charge is 0.495 e. The molecule has 3 aromatic rings. The molecule has 0 atom stereocenters. The minimum absolute atomic E-state index is 0.0969. The van der Waals surface area contributed by atoms with Crippen molar-refractivity contribution in [2.75, 3.05) is 45.4 Å². The van der Waals surface area contributed by atoms with Crippen molar-refractivity contribution < 1.29 is 36.9 Å². The summed E-state index contributed by atoms with van der Waals surface area (Å²) < 4.78 is 56.0. The second-order valence-electron chi connectivity index (χ2n) is 8.27. The van der Waals surface area contributed by atoms with Crippen molar-refractivity contribution in [1.29, 1.82) is 0 Å². The van der Waals surface area contributed by atoms with E-state index in [1.807, 2.05) is 13.8 Å². The van der Waals surface area contributed by atoms with Crippen molar-refractivity contribution in [2.24, 2.45) is 0 Å². The maximum Gasteiger partial charge on any atom is 0.265 e. The molecule has 3 aromatic carbocycles. The van der Waals surface area contributed by atoms with Crippen LogP contribution >= 0.6 is 11.6 Å². The average molecular weight is 593 g/mol. The van der Waals surface area contributed by atoms with Gasteiger partial charge in [0.1, 0.15) is 12.3 Å². The Morgan fingerprint density at radius 2 is 1.43 bits per heavy atom. The van der Waals surface area contributed by atoms with Gasteiger partial charge in [0.15, 0.2) is 23.0 Å². The molecule has 12 heteroatoms. The number of carbonyl (C=O) groups excluding carboxylic acids is 1. The molecule has 40 heavy (non-hydrogen) atoms. The van der Waals surface area contributed by atoms with Gasteiger partial charge < -0.3 is 29.0 Å². The van der Waals surface area contributed by atoms with Crippen molar-refractivity contribution in [3.05, 3.63) is 65.2 Å². The Hall–Kier alpha value is -3.83. The van der Waals surface area contributed by atoms with Gasteiger partial charge in [0.05, 0.1) is 45.1 Å². The van der Waals surface area contributed by atoms with E-state index in [0.29, 0.717) is 30.5 Å². The van der Waals surface area contributed by atoms with Crippen LogP contribution in [0, 0.1) is 0 Å². The van der Waals surface area contributed by atoms with Crippen molar-refractivity contribution in [1.82, 2.24) is 5.32 Å². The fourth-order valence-corrected chi connectivity index (χ4v) is 5.46. The van der Waals surface area contributed by atoms with Crippen LogP contribution in [0.1, 0.15) is 19.4 Å². The lowest BCUT2D eigenvalue weighted by atomic mass is 10.2. The zero-order valence-electron chi connectivity index (χ0n) is 23.0. The number of halogens is 1. The molecule has 0 spiro atoms. The van der Waals surface area contributed by atoms with Gasteiger partial charge in [-0.05, 0) is 61.9 Å². The maximum atomic E-state index is 13.9. The fraction of sp³-hybridized carbons (Fsp3) is 0.321. The van der Waals surface area contributed by atoms with E-state index in [2.05, 4.69) is 5.32 Å². The first-order valence-electron chi connectivity index (χ1n) is 12.4. The number of methoxy groups -OCH3 is 3. The first-order chi connectivity index (χ1) is 19.2. The van der Waals surface area contributed by atoms with Crippen LogP contribution in [0.5, 0.6) is 28.7 Å². The Morgan fingerprint density at radius 3 is 2.08 bits per heavy atom. The lowest BCUT2D eigenvalue weighted by Crippen LogP contribution is -2.41. The molecule has 0 radical (unpaired) electrons. The Kier molecular flexibility index (Phi) is 10.7. The smallest absolute Gasteiger partial charge is 0.265 e. The van der Waals surface area contributed by atoms with Gasteiger partial charge in [-0.15, -0.1) is 0 Å². The van der Waals surface area contributed by atoms with Crippen molar-refractivity contribution in [3.8, 4) is 28.7 Å². The lowest BCUT2D eigenvalue weighted by Gasteiger charge is -2.26. The van der Waals surface area contributed by atoms with E-state index in [4.69, 9.17) is 35.3 Å². The average Bonchev–Trinajstić information content (AvgIpc) is 2.95. The normalized spacial score (nSPS) is 10.9. The number of carbonyl (C=O) groups is 1. The standard InChI is InChI=1S/C28H33ClN2O8S/c1-6-38-25-11-8-19(14-27(25)39-7-2)17-30-28(32)18-31(22-15-20(29)9-12-23(22)35-3)40(33,34)21-10-13-24(36-4)26(16-21)37-5/h8-16H,6-7,17-18H2,1-5H3,(H,30,32). The summed E-state index contributed by atoms with van der Waals surface area (Å²) in [5.74, 6) is 1.38. The van der Waals surface area contributed by atoms with Crippen LogP contribution in [0.15, 0.2) is 59.5 Å². The monoisotopic (exact) mass is 592 g/mol. The van der Waals surface area contributed by atoms with E-state index < -0.39 is 22.5 Å². The molecule has 3 rings (SSSR count). The SMILES string of the molecule is CCOc1ccc(CNC(=O)CN(c2cc(Cl)ccc2OC)S(=O)(=O)c2ccc(OC)c(OC)c2)cc1OCC.